The second-order valence-corrected chi connectivity index (χ2v) is 6.63. The van der Waals surface area contributed by atoms with Crippen molar-refractivity contribution in [1.82, 2.24) is 10.2 Å². The van der Waals surface area contributed by atoms with Gasteiger partial charge in [0.15, 0.2) is 0 Å². The molecular formula is C15H29N3O. The number of hydrogen-bond donors (Lipinski definition) is 2. The van der Waals surface area contributed by atoms with Crippen molar-refractivity contribution in [3.05, 3.63) is 0 Å². The predicted molar refractivity (Wildman–Crippen MR) is 77.8 cm³/mol. The van der Waals surface area contributed by atoms with Gasteiger partial charge in [0.1, 0.15) is 0 Å². The van der Waals surface area contributed by atoms with Crippen molar-refractivity contribution in [3.8, 4) is 0 Å². The summed E-state index contributed by atoms with van der Waals surface area (Å²) in [5.41, 5.74) is 5.49. The fraction of sp³-hybridized carbons (Fsp3) is 0.933. The number of primary amides is 1. The zero-order chi connectivity index (χ0) is 13.8. The van der Waals surface area contributed by atoms with E-state index in [1.807, 2.05) is 0 Å². The lowest BCUT2D eigenvalue weighted by Crippen LogP contribution is -2.45. The SMILES string of the molecule is CC(C)CCN(CCC(NC1CC1)C(N)=O)C1CC1. The first-order valence-electron chi connectivity index (χ1n) is 7.85. The Balaban J connectivity index is 1.73. The summed E-state index contributed by atoms with van der Waals surface area (Å²) in [6.07, 6.45) is 7.16. The van der Waals surface area contributed by atoms with Crippen molar-refractivity contribution in [3.63, 3.8) is 0 Å². The Bertz CT molecular complexity index is 298. The van der Waals surface area contributed by atoms with E-state index >= 15 is 0 Å². The zero-order valence-corrected chi connectivity index (χ0v) is 12.4. The highest BCUT2D eigenvalue weighted by molar-refractivity contribution is 5.79. The minimum Gasteiger partial charge on any atom is -0.368 e. The third kappa shape index (κ3) is 5.49. The number of amides is 1. The molecule has 0 spiro atoms. The Morgan fingerprint density at radius 2 is 1.84 bits per heavy atom. The summed E-state index contributed by atoms with van der Waals surface area (Å²) < 4.78 is 0. The zero-order valence-electron chi connectivity index (χ0n) is 12.4. The molecule has 2 aliphatic carbocycles. The highest BCUT2D eigenvalue weighted by Gasteiger charge is 2.31. The molecule has 2 fully saturated rings. The molecule has 0 aliphatic heterocycles. The van der Waals surface area contributed by atoms with E-state index in [0.29, 0.717) is 6.04 Å². The topological polar surface area (TPSA) is 58.4 Å². The van der Waals surface area contributed by atoms with E-state index in [1.165, 1.54) is 32.1 Å². The average Bonchev–Trinajstić information content (AvgIpc) is 3.20. The Kier molecular flexibility index (Phi) is 5.22. The molecule has 1 unspecified atom stereocenters. The summed E-state index contributed by atoms with van der Waals surface area (Å²) in [4.78, 5) is 14.0. The molecule has 2 saturated carbocycles. The monoisotopic (exact) mass is 267 g/mol. The van der Waals surface area contributed by atoms with Gasteiger partial charge in [-0.25, -0.2) is 0 Å². The van der Waals surface area contributed by atoms with Gasteiger partial charge in [0.2, 0.25) is 5.91 Å². The summed E-state index contributed by atoms with van der Waals surface area (Å²) in [5.74, 6) is 0.560. The number of rotatable bonds is 10. The Morgan fingerprint density at radius 3 is 2.32 bits per heavy atom. The van der Waals surface area contributed by atoms with Crippen LogP contribution in [0.1, 0.15) is 52.4 Å². The molecule has 2 aliphatic rings. The normalized spacial score (nSPS) is 21.1. The highest BCUT2D eigenvalue weighted by Crippen LogP contribution is 2.28. The van der Waals surface area contributed by atoms with Gasteiger partial charge in [-0.15, -0.1) is 0 Å². The fourth-order valence-corrected chi connectivity index (χ4v) is 2.48. The number of nitrogens with two attached hydrogens (primary N) is 1. The average molecular weight is 267 g/mol. The lowest BCUT2D eigenvalue weighted by molar-refractivity contribution is -0.120. The molecule has 3 N–H and O–H groups in total. The van der Waals surface area contributed by atoms with Crippen molar-refractivity contribution in [1.29, 1.82) is 0 Å². The lowest BCUT2D eigenvalue weighted by Gasteiger charge is -2.25. The smallest absolute Gasteiger partial charge is 0.234 e. The summed E-state index contributed by atoms with van der Waals surface area (Å²) >= 11 is 0. The maximum absolute atomic E-state index is 11.5. The van der Waals surface area contributed by atoms with Crippen molar-refractivity contribution in [2.45, 2.75) is 70.5 Å². The third-order valence-corrected chi connectivity index (χ3v) is 4.12. The van der Waals surface area contributed by atoms with Crippen LogP contribution < -0.4 is 11.1 Å². The van der Waals surface area contributed by atoms with Gasteiger partial charge in [-0.3, -0.25) is 4.79 Å². The van der Waals surface area contributed by atoms with E-state index in [0.717, 1.165) is 31.5 Å². The van der Waals surface area contributed by atoms with Crippen LogP contribution in [0.5, 0.6) is 0 Å². The number of nitrogens with zero attached hydrogens (tertiary/aromatic N) is 1. The maximum atomic E-state index is 11.5. The van der Waals surface area contributed by atoms with E-state index in [4.69, 9.17) is 5.73 Å². The van der Waals surface area contributed by atoms with Gasteiger partial charge < -0.3 is 16.0 Å². The van der Waals surface area contributed by atoms with Gasteiger partial charge in [0, 0.05) is 18.6 Å². The fourth-order valence-electron chi connectivity index (χ4n) is 2.48. The Labute approximate surface area is 117 Å². The molecule has 0 aromatic heterocycles. The van der Waals surface area contributed by atoms with Crippen molar-refractivity contribution in [2.75, 3.05) is 13.1 Å². The molecule has 0 saturated heterocycles. The third-order valence-electron chi connectivity index (χ3n) is 4.12. The van der Waals surface area contributed by atoms with Crippen LogP contribution in [0.3, 0.4) is 0 Å². The number of carbonyl (C=O) groups excluding carboxylic acids is 1. The molecule has 19 heavy (non-hydrogen) atoms. The number of nitrogens with one attached hydrogen (secondary N) is 1. The summed E-state index contributed by atoms with van der Waals surface area (Å²) in [5, 5.41) is 3.37. The first kappa shape index (κ1) is 14.8. The van der Waals surface area contributed by atoms with E-state index in [1.54, 1.807) is 0 Å². The largest absolute Gasteiger partial charge is 0.368 e. The second kappa shape index (κ2) is 6.71. The van der Waals surface area contributed by atoms with E-state index in [9.17, 15) is 4.79 Å². The first-order chi connectivity index (χ1) is 9.06. The van der Waals surface area contributed by atoms with Gasteiger partial charge in [0.25, 0.3) is 0 Å². The molecule has 1 amide bonds. The predicted octanol–water partition coefficient (Wildman–Crippen LogP) is 1.49. The van der Waals surface area contributed by atoms with Gasteiger partial charge in [0.05, 0.1) is 6.04 Å². The van der Waals surface area contributed by atoms with Crippen LogP contribution in [0.15, 0.2) is 0 Å². The summed E-state index contributed by atoms with van der Waals surface area (Å²) in [7, 11) is 0. The Morgan fingerprint density at radius 1 is 1.21 bits per heavy atom. The standard InChI is InChI=1S/C15H29N3O/c1-11(2)7-9-18(13-5-6-13)10-8-14(15(16)19)17-12-3-4-12/h11-14,17H,3-10H2,1-2H3,(H2,16,19). The van der Waals surface area contributed by atoms with Crippen molar-refractivity contribution >= 4 is 5.91 Å². The molecule has 4 heteroatoms. The molecule has 0 radical (unpaired) electrons. The van der Waals surface area contributed by atoms with Crippen LogP contribution in [-0.2, 0) is 4.79 Å². The van der Waals surface area contributed by atoms with Crippen LogP contribution in [-0.4, -0.2) is 42.0 Å². The van der Waals surface area contributed by atoms with Gasteiger partial charge in [-0.1, -0.05) is 13.8 Å². The highest BCUT2D eigenvalue weighted by atomic mass is 16.1. The van der Waals surface area contributed by atoms with E-state index in [-0.39, 0.29) is 11.9 Å². The van der Waals surface area contributed by atoms with Crippen molar-refractivity contribution < 1.29 is 4.79 Å². The molecule has 1 atom stereocenters. The molecule has 0 aromatic carbocycles. The number of hydrogen-bond acceptors (Lipinski definition) is 3. The summed E-state index contributed by atoms with van der Waals surface area (Å²) in [6, 6.07) is 1.18. The van der Waals surface area contributed by atoms with Crippen LogP contribution >= 0.6 is 0 Å². The van der Waals surface area contributed by atoms with Crippen molar-refractivity contribution in [2.24, 2.45) is 11.7 Å². The number of carbonyl (C=O) groups is 1. The van der Waals surface area contributed by atoms with E-state index < -0.39 is 0 Å². The molecule has 2 rings (SSSR count). The molecular weight excluding hydrogens is 238 g/mol. The van der Waals surface area contributed by atoms with Crippen LogP contribution in [0.2, 0.25) is 0 Å². The molecule has 4 nitrogen and oxygen atoms in total. The van der Waals surface area contributed by atoms with Gasteiger partial charge in [-0.05, 0) is 51.0 Å². The van der Waals surface area contributed by atoms with Crippen LogP contribution in [0.4, 0.5) is 0 Å². The van der Waals surface area contributed by atoms with Gasteiger partial charge in [-0.2, -0.15) is 0 Å². The minimum atomic E-state index is -0.188. The quantitative estimate of drug-likeness (QED) is 0.630. The summed E-state index contributed by atoms with van der Waals surface area (Å²) in [6.45, 7) is 6.71. The molecule has 110 valence electrons. The first-order valence-corrected chi connectivity index (χ1v) is 7.85. The Hall–Kier alpha value is -0.610. The molecule has 0 aromatic rings. The van der Waals surface area contributed by atoms with Gasteiger partial charge >= 0.3 is 0 Å². The van der Waals surface area contributed by atoms with Crippen LogP contribution in [0, 0.1) is 5.92 Å². The molecule has 0 bridgehead atoms. The molecule has 0 heterocycles. The minimum absolute atomic E-state index is 0.132. The van der Waals surface area contributed by atoms with E-state index in [2.05, 4.69) is 24.1 Å². The van der Waals surface area contributed by atoms with Crippen LogP contribution in [0.25, 0.3) is 0 Å². The lowest BCUT2D eigenvalue weighted by atomic mass is 10.1. The maximum Gasteiger partial charge on any atom is 0.234 e. The second-order valence-electron chi connectivity index (χ2n) is 6.63.